The molecule has 3 saturated heterocycles. The summed E-state index contributed by atoms with van der Waals surface area (Å²) in [7, 11) is 9.63. The molecule has 1 aromatic carbocycles. The van der Waals surface area contributed by atoms with Crippen LogP contribution in [0.5, 0.6) is 0 Å². The van der Waals surface area contributed by atoms with E-state index in [9.17, 15) is 60.7 Å². The number of hydrogen-bond donors (Lipinski definition) is 3. The van der Waals surface area contributed by atoms with Crippen molar-refractivity contribution in [2.45, 2.75) is 211 Å². The number of hydrogen-bond acceptors (Lipinski definition) is 12. The SMILES string of the molecule is CC[C@H](C)[C@@H]1NC(=O)[C@H](C)N(C)C(=O)C[C@@H](C(=O)N2CCCCC2)N(C)C(=O)[C@H](C(C)C)N(C)C(=O)C2(CCCC2)NC(=O)[C@@H]2CCCN2C(=O)[C@H](CCc2ccc(C(F)(F)F)c(F)c2)NC(=O)CN(C)C(=O)[C@H](CC2CCCCC2)N(C)C(=O)CN(C)C(=O)CN(C)C1=O. The van der Waals surface area contributed by atoms with E-state index >= 15 is 14.4 Å². The molecule has 3 N–H and O–H groups in total. The zero-order chi connectivity index (χ0) is 70.6. The van der Waals surface area contributed by atoms with Gasteiger partial charge in [-0.25, -0.2) is 4.39 Å². The summed E-state index contributed by atoms with van der Waals surface area (Å²) in [6.45, 7) is 7.36. The van der Waals surface area contributed by atoms with Crippen molar-refractivity contribution in [2.24, 2.45) is 17.8 Å². The number of benzene rings is 1. The van der Waals surface area contributed by atoms with Gasteiger partial charge in [0.15, 0.2) is 0 Å². The molecule has 3 aliphatic heterocycles. The molecular formula is C67H102F4N12O12. The molecule has 0 bridgehead atoms. The summed E-state index contributed by atoms with van der Waals surface area (Å²) in [5.41, 5.74) is -3.05. The van der Waals surface area contributed by atoms with Crippen LogP contribution in [0, 0.1) is 23.6 Å². The molecule has 28 heteroatoms. The Balaban J connectivity index is 1.39. The summed E-state index contributed by atoms with van der Waals surface area (Å²) >= 11 is 0. The number of likely N-dealkylation sites (tertiary alicyclic amines) is 1. The van der Waals surface area contributed by atoms with Crippen molar-refractivity contribution >= 4 is 70.9 Å². The van der Waals surface area contributed by atoms with E-state index in [2.05, 4.69) is 16.0 Å². The molecule has 24 nitrogen and oxygen atoms in total. The molecule has 2 saturated carbocycles. The summed E-state index contributed by atoms with van der Waals surface area (Å²) < 4.78 is 56.0. The van der Waals surface area contributed by atoms with Crippen LogP contribution in [0.25, 0.3) is 0 Å². The normalized spacial score (nSPS) is 26.6. The maximum absolute atomic E-state index is 15.3. The van der Waals surface area contributed by atoms with E-state index in [0.29, 0.717) is 63.7 Å². The van der Waals surface area contributed by atoms with Gasteiger partial charge in [-0.3, -0.25) is 57.5 Å². The molecule has 8 atom stereocenters. The van der Waals surface area contributed by atoms with E-state index in [1.807, 2.05) is 0 Å². The first-order valence-corrected chi connectivity index (χ1v) is 33.8. The Morgan fingerprint density at radius 3 is 1.85 bits per heavy atom. The standard InChI is InChI=1S/C67H102F4N12O12/c1-13-42(4)56-63(93)77(8)39-54(86)75(6)40-55(87)79(10)50(36-44-23-16-14-17-24-44)61(91)76(7)38-52(84)72-48(29-27-45-26-28-46(47(68)35-45)67(69,70)71)60(90)83-34-22-25-49(83)59(89)74-66(30-18-19-31-66)65(95)81(12)57(41(2)3)64(94)80(11)51(62(92)82-32-20-15-21-33-82)37-53(85)78(9)43(5)58(88)73-56/h26,28,35,41-44,48-51,56-57H,13-25,27,29-34,36-40H2,1-12H3,(H,72,84)(H,73,88)(H,74,89)/t42-,43-,48-,49-,50-,51-,56-,57-/m0/s1. The summed E-state index contributed by atoms with van der Waals surface area (Å²) in [4.78, 5) is 187. The number of nitrogens with one attached hydrogen (secondary N) is 3. The highest BCUT2D eigenvalue weighted by molar-refractivity contribution is 6.00. The third-order valence-corrected chi connectivity index (χ3v) is 20.4. The number of halogens is 4. The number of rotatable bonds is 9. The topological polar surface area (TPSA) is 270 Å². The van der Waals surface area contributed by atoms with Crippen LogP contribution in [-0.4, -0.2) is 251 Å². The zero-order valence-corrected chi connectivity index (χ0v) is 57.6. The molecule has 5 fully saturated rings. The minimum Gasteiger partial charge on any atom is -0.343 e. The lowest BCUT2D eigenvalue weighted by Gasteiger charge is -2.41. The number of piperidine rings is 1. The fourth-order valence-electron chi connectivity index (χ4n) is 14.0. The number of carbonyl (C=O) groups excluding carboxylic acids is 12. The van der Waals surface area contributed by atoms with E-state index in [-0.39, 0.29) is 56.6 Å². The molecular weight excluding hydrogens is 1240 g/mol. The lowest BCUT2D eigenvalue weighted by atomic mass is 9.84. The van der Waals surface area contributed by atoms with Gasteiger partial charge >= 0.3 is 6.18 Å². The van der Waals surface area contributed by atoms with Crippen LogP contribution in [0.15, 0.2) is 18.2 Å². The predicted molar refractivity (Wildman–Crippen MR) is 343 cm³/mol. The van der Waals surface area contributed by atoms with Crippen molar-refractivity contribution in [3.05, 3.63) is 35.1 Å². The summed E-state index contributed by atoms with van der Waals surface area (Å²) in [6, 6.07) is -6.70. The fraction of sp³-hybridized carbons (Fsp3) is 0.731. The van der Waals surface area contributed by atoms with Gasteiger partial charge < -0.3 is 60.0 Å². The molecule has 530 valence electrons. The number of fused-ring (bicyclic) bond motifs is 1. The highest BCUT2D eigenvalue weighted by Gasteiger charge is 2.51. The number of nitrogens with zero attached hydrogens (tertiary/aromatic N) is 9. The van der Waals surface area contributed by atoms with Crippen LogP contribution in [0.4, 0.5) is 17.6 Å². The first-order valence-electron chi connectivity index (χ1n) is 33.8. The number of alkyl halides is 3. The van der Waals surface area contributed by atoms with Crippen molar-refractivity contribution in [3.8, 4) is 0 Å². The van der Waals surface area contributed by atoms with Gasteiger partial charge in [0, 0.05) is 69.0 Å². The fourth-order valence-corrected chi connectivity index (χ4v) is 14.0. The summed E-state index contributed by atoms with van der Waals surface area (Å²) in [6.07, 6.45) is 2.58. The van der Waals surface area contributed by atoms with E-state index in [0.717, 1.165) is 69.1 Å². The molecule has 3 heterocycles. The Morgan fingerprint density at radius 2 is 1.25 bits per heavy atom. The quantitative estimate of drug-likeness (QED) is 0.297. The monoisotopic (exact) mass is 1340 g/mol. The Morgan fingerprint density at radius 1 is 0.642 bits per heavy atom. The molecule has 0 aromatic heterocycles. The minimum atomic E-state index is -5.00. The lowest BCUT2D eigenvalue weighted by molar-refractivity contribution is -0.156. The van der Waals surface area contributed by atoms with Crippen LogP contribution in [-0.2, 0) is 70.1 Å². The second-order valence-electron chi connectivity index (χ2n) is 27.5. The number of carbonyl (C=O) groups is 12. The van der Waals surface area contributed by atoms with Crippen LogP contribution in [0.3, 0.4) is 0 Å². The molecule has 2 aliphatic carbocycles. The first kappa shape index (κ1) is 76.6. The largest absolute Gasteiger partial charge is 0.419 e. The van der Waals surface area contributed by atoms with Gasteiger partial charge in [0.2, 0.25) is 70.9 Å². The maximum Gasteiger partial charge on any atom is 0.419 e. The van der Waals surface area contributed by atoms with Crippen molar-refractivity contribution < 1.29 is 75.1 Å². The average Bonchev–Trinajstić information content (AvgIpc) is 1.72. The Hall–Kier alpha value is -7.42. The van der Waals surface area contributed by atoms with Crippen molar-refractivity contribution in [1.29, 1.82) is 0 Å². The van der Waals surface area contributed by atoms with E-state index in [1.165, 1.54) is 71.0 Å². The zero-order valence-electron chi connectivity index (χ0n) is 57.6. The number of likely N-dealkylation sites (N-methyl/N-ethyl adjacent to an activating group) is 7. The van der Waals surface area contributed by atoms with Gasteiger partial charge in [-0.15, -0.1) is 0 Å². The third-order valence-electron chi connectivity index (χ3n) is 20.4. The Kier molecular flexibility index (Phi) is 27.0. The highest BCUT2D eigenvalue weighted by atomic mass is 19.4. The number of aryl methyl sites for hydroxylation is 1. The maximum atomic E-state index is 15.3. The third kappa shape index (κ3) is 19.0. The van der Waals surface area contributed by atoms with Crippen molar-refractivity contribution in [1.82, 2.24) is 60.0 Å². The average molecular weight is 1340 g/mol. The molecule has 5 aliphatic rings. The van der Waals surface area contributed by atoms with Crippen molar-refractivity contribution in [2.75, 3.05) is 88.6 Å². The van der Waals surface area contributed by atoms with E-state index in [1.54, 1.807) is 32.6 Å². The van der Waals surface area contributed by atoms with Gasteiger partial charge in [-0.2, -0.15) is 13.2 Å². The molecule has 0 unspecified atom stereocenters. The minimum absolute atomic E-state index is 0.00334. The van der Waals surface area contributed by atoms with Gasteiger partial charge in [-0.1, -0.05) is 85.1 Å². The summed E-state index contributed by atoms with van der Waals surface area (Å²) in [5, 5.41) is 8.45. The van der Waals surface area contributed by atoms with Crippen LogP contribution in [0.1, 0.15) is 161 Å². The van der Waals surface area contributed by atoms with Gasteiger partial charge in [0.05, 0.1) is 31.6 Å². The molecule has 1 spiro atoms. The van der Waals surface area contributed by atoms with Crippen LogP contribution < -0.4 is 16.0 Å². The Labute approximate surface area is 556 Å². The number of amides is 12. The van der Waals surface area contributed by atoms with E-state index in [4.69, 9.17) is 0 Å². The molecule has 1 aromatic rings. The summed E-state index contributed by atoms with van der Waals surface area (Å²) in [5.74, 6) is -10.9. The van der Waals surface area contributed by atoms with E-state index < -0.39 is 174 Å². The first-order chi connectivity index (χ1) is 44.6. The smallest absolute Gasteiger partial charge is 0.343 e. The van der Waals surface area contributed by atoms with Crippen molar-refractivity contribution in [3.63, 3.8) is 0 Å². The van der Waals surface area contributed by atoms with Gasteiger partial charge in [-0.05, 0) is 107 Å². The second kappa shape index (κ2) is 33.5. The molecule has 95 heavy (non-hydrogen) atoms. The molecule has 12 amide bonds. The van der Waals surface area contributed by atoms with Gasteiger partial charge in [0.25, 0.3) is 0 Å². The molecule has 0 radical (unpaired) electrons. The second-order valence-corrected chi connectivity index (χ2v) is 27.5. The predicted octanol–water partition coefficient (Wildman–Crippen LogP) is 3.96. The van der Waals surface area contributed by atoms with Gasteiger partial charge in [0.1, 0.15) is 53.6 Å². The Bertz CT molecular complexity index is 2970. The molecule has 6 rings (SSSR count). The highest BCUT2D eigenvalue weighted by Crippen LogP contribution is 2.36. The lowest BCUT2D eigenvalue weighted by Crippen LogP contribution is -2.65. The van der Waals surface area contributed by atoms with Crippen LogP contribution in [0.2, 0.25) is 0 Å². The van der Waals surface area contributed by atoms with Crippen LogP contribution >= 0.6 is 0 Å².